The first-order valence-corrected chi connectivity index (χ1v) is 9.21. The maximum Gasteiger partial charge on any atom is 0.342 e. The lowest BCUT2D eigenvalue weighted by Gasteiger charge is -2.19. The Morgan fingerprint density at radius 3 is 2.43 bits per heavy atom. The van der Waals surface area contributed by atoms with Gasteiger partial charge in [-0.15, -0.1) is 0 Å². The number of aryl methyl sites for hydroxylation is 2. The number of hydrogen-bond acceptors (Lipinski definition) is 6. The van der Waals surface area contributed by atoms with E-state index in [2.05, 4.69) is 10.2 Å². The van der Waals surface area contributed by atoms with Gasteiger partial charge in [-0.3, -0.25) is 4.79 Å². The first-order valence-electron chi connectivity index (χ1n) is 9.21. The van der Waals surface area contributed by atoms with E-state index in [-0.39, 0.29) is 11.3 Å². The Morgan fingerprint density at radius 1 is 1.04 bits per heavy atom. The number of phenols is 2. The lowest BCUT2D eigenvalue weighted by molar-refractivity contribution is -0.119. The Balaban J connectivity index is 1.58. The van der Waals surface area contributed by atoms with Gasteiger partial charge in [0.1, 0.15) is 5.56 Å². The van der Waals surface area contributed by atoms with Gasteiger partial charge < -0.3 is 25.2 Å². The smallest absolute Gasteiger partial charge is 0.342 e. The van der Waals surface area contributed by atoms with Crippen LogP contribution in [0, 0.1) is 13.8 Å². The van der Waals surface area contributed by atoms with Crippen molar-refractivity contribution in [1.29, 1.82) is 0 Å². The predicted octanol–water partition coefficient (Wildman–Crippen LogP) is 3.11. The summed E-state index contributed by atoms with van der Waals surface area (Å²) in [7, 11) is 0. The van der Waals surface area contributed by atoms with E-state index >= 15 is 0 Å². The molecular formula is C21H24N2O5. The number of aromatic hydroxyl groups is 2. The number of rotatable bonds is 5. The fraction of sp³-hybridized carbons (Fsp3) is 0.333. The minimum Gasteiger partial charge on any atom is -0.504 e. The zero-order valence-electron chi connectivity index (χ0n) is 16.0. The maximum atomic E-state index is 12.1. The lowest BCUT2D eigenvalue weighted by atomic mass is 10.1. The van der Waals surface area contributed by atoms with Crippen molar-refractivity contribution in [2.24, 2.45) is 0 Å². The van der Waals surface area contributed by atoms with Crippen LogP contribution in [-0.4, -0.2) is 41.8 Å². The van der Waals surface area contributed by atoms with Crippen LogP contribution >= 0.6 is 0 Å². The average molecular weight is 384 g/mol. The number of nitrogens with zero attached hydrogens (tertiary/aromatic N) is 1. The van der Waals surface area contributed by atoms with Crippen molar-refractivity contribution in [2.75, 3.05) is 29.9 Å². The van der Waals surface area contributed by atoms with E-state index in [1.807, 2.05) is 25.1 Å². The molecule has 1 aliphatic heterocycles. The number of anilines is 2. The Hall–Kier alpha value is -3.22. The van der Waals surface area contributed by atoms with Crippen LogP contribution in [-0.2, 0) is 9.53 Å². The van der Waals surface area contributed by atoms with Gasteiger partial charge in [-0.25, -0.2) is 4.79 Å². The van der Waals surface area contributed by atoms with Crippen molar-refractivity contribution >= 4 is 23.3 Å². The van der Waals surface area contributed by atoms with Gasteiger partial charge in [-0.1, -0.05) is 6.07 Å². The molecule has 0 spiro atoms. The molecule has 0 radical (unpaired) electrons. The van der Waals surface area contributed by atoms with E-state index in [0.29, 0.717) is 11.3 Å². The second-order valence-corrected chi connectivity index (χ2v) is 6.94. The van der Waals surface area contributed by atoms with Crippen LogP contribution in [0.15, 0.2) is 30.3 Å². The Kier molecular flexibility index (Phi) is 5.73. The van der Waals surface area contributed by atoms with Gasteiger partial charge in [-0.2, -0.15) is 0 Å². The van der Waals surface area contributed by atoms with E-state index in [1.165, 1.54) is 25.0 Å². The topological polar surface area (TPSA) is 99.1 Å². The molecule has 0 aliphatic carbocycles. The molecule has 0 bridgehead atoms. The molecule has 7 nitrogen and oxygen atoms in total. The van der Waals surface area contributed by atoms with Gasteiger partial charge in [0.15, 0.2) is 18.1 Å². The molecule has 0 unspecified atom stereocenters. The number of benzene rings is 2. The molecule has 0 atom stereocenters. The number of carbonyl (C=O) groups is 2. The van der Waals surface area contributed by atoms with E-state index in [1.54, 1.807) is 6.92 Å². The second-order valence-electron chi connectivity index (χ2n) is 6.94. The van der Waals surface area contributed by atoms with Crippen LogP contribution in [0.1, 0.15) is 34.3 Å². The highest BCUT2D eigenvalue weighted by Gasteiger charge is 2.19. The van der Waals surface area contributed by atoms with Crippen molar-refractivity contribution in [2.45, 2.75) is 26.7 Å². The summed E-state index contributed by atoms with van der Waals surface area (Å²) < 4.78 is 4.95. The SMILES string of the molecule is Cc1cc(N2CCCC2)ccc1NC(=O)COC(=O)c1ccc(C)c(O)c1O. The number of carbonyl (C=O) groups excluding carboxylic acids is 2. The fourth-order valence-electron chi connectivity index (χ4n) is 3.20. The monoisotopic (exact) mass is 384 g/mol. The van der Waals surface area contributed by atoms with Gasteiger partial charge in [0.2, 0.25) is 0 Å². The third-order valence-corrected chi connectivity index (χ3v) is 4.86. The number of amides is 1. The number of hydrogen-bond donors (Lipinski definition) is 3. The van der Waals surface area contributed by atoms with E-state index in [0.717, 1.165) is 24.3 Å². The van der Waals surface area contributed by atoms with Crippen molar-refractivity contribution in [3.8, 4) is 11.5 Å². The normalized spacial score (nSPS) is 13.4. The molecule has 2 aromatic rings. The predicted molar refractivity (Wildman–Crippen MR) is 106 cm³/mol. The van der Waals surface area contributed by atoms with Gasteiger partial charge in [0.05, 0.1) is 0 Å². The quantitative estimate of drug-likeness (QED) is 0.541. The molecule has 28 heavy (non-hydrogen) atoms. The van der Waals surface area contributed by atoms with Crippen LogP contribution < -0.4 is 10.2 Å². The lowest BCUT2D eigenvalue weighted by Crippen LogP contribution is -2.22. The summed E-state index contributed by atoms with van der Waals surface area (Å²) in [6, 6.07) is 8.66. The third-order valence-electron chi connectivity index (χ3n) is 4.86. The highest BCUT2D eigenvalue weighted by molar-refractivity contribution is 5.97. The molecule has 1 amide bonds. The second kappa shape index (κ2) is 8.21. The molecule has 0 aromatic heterocycles. The Labute approximate surface area is 163 Å². The number of phenolic OH excluding ortho intramolecular Hbond substituents is 2. The van der Waals surface area contributed by atoms with Crippen LogP contribution in [0.4, 0.5) is 11.4 Å². The average Bonchev–Trinajstić information content (AvgIpc) is 3.21. The molecule has 2 aromatic carbocycles. The molecule has 148 valence electrons. The van der Waals surface area contributed by atoms with Crippen molar-refractivity contribution < 1.29 is 24.5 Å². The molecule has 3 rings (SSSR count). The highest BCUT2D eigenvalue weighted by atomic mass is 16.5. The van der Waals surface area contributed by atoms with Crippen molar-refractivity contribution in [1.82, 2.24) is 0 Å². The number of esters is 1. The summed E-state index contributed by atoms with van der Waals surface area (Å²) in [4.78, 5) is 26.5. The van der Waals surface area contributed by atoms with Gasteiger partial charge in [0.25, 0.3) is 5.91 Å². The first-order chi connectivity index (χ1) is 13.4. The van der Waals surface area contributed by atoms with Gasteiger partial charge in [0, 0.05) is 24.5 Å². The Bertz CT molecular complexity index is 904. The summed E-state index contributed by atoms with van der Waals surface area (Å²) in [6.07, 6.45) is 2.38. The van der Waals surface area contributed by atoms with Crippen molar-refractivity contribution in [3.05, 3.63) is 47.0 Å². The molecule has 1 aliphatic rings. The summed E-state index contributed by atoms with van der Waals surface area (Å²) in [5, 5.41) is 22.3. The van der Waals surface area contributed by atoms with Crippen LogP contribution in [0.25, 0.3) is 0 Å². The molecule has 1 saturated heterocycles. The summed E-state index contributed by atoms with van der Waals surface area (Å²) in [5.74, 6) is -2.31. The van der Waals surface area contributed by atoms with Gasteiger partial charge >= 0.3 is 5.97 Å². The van der Waals surface area contributed by atoms with Crippen LogP contribution in [0.2, 0.25) is 0 Å². The van der Waals surface area contributed by atoms with Crippen LogP contribution in [0.3, 0.4) is 0 Å². The zero-order valence-corrected chi connectivity index (χ0v) is 16.0. The van der Waals surface area contributed by atoms with E-state index in [9.17, 15) is 19.8 Å². The van der Waals surface area contributed by atoms with Crippen LogP contribution in [0.5, 0.6) is 11.5 Å². The fourth-order valence-corrected chi connectivity index (χ4v) is 3.20. The standard InChI is InChI=1S/C21H24N2O5/c1-13-5-7-16(20(26)19(13)25)21(27)28-12-18(24)22-17-8-6-15(11-14(17)2)23-9-3-4-10-23/h5-8,11,25-26H,3-4,9-10,12H2,1-2H3,(H,22,24). The summed E-state index contributed by atoms with van der Waals surface area (Å²) in [5.41, 5.74) is 2.95. The highest BCUT2D eigenvalue weighted by Crippen LogP contribution is 2.32. The molecule has 7 heteroatoms. The zero-order chi connectivity index (χ0) is 20.3. The minimum absolute atomic E-state index is 0.193. The van der Waals surface area contributed by atoms with Gasteiger partial charge in [-0.05, 0) is 62.1 Å². The molecule has 1 heterocycles. The molecule has 3 N–H and O–H groups in total. The number of nitrogens with one attached hydrogen (secondary N) is 1. The molecule has 0 saturated carbocycles. The minimum atomic E-state index is -0.885. The molecular weight excluding hydrogens is 360 g/mol. The summed E-state index contributed by atoms with van der Waals surface area (Å²) >= 11 is 0. The third kappa shape index (κ3) is 4.19. The van der Waals surface area contributed by atoms with E-state index in [4.69, 9.17) is 4.74 Å². The van der Waals surface area contributed by atoms with Crippen molar-refractivity contribution in [3.63, 3.8) is 0 Å². The summed E-state index contributed by atoms with van der Waals surface area (Å²) in [6.45, 7) is 5.09. The van der Waals surface area contributed by atoms with E-state index < -0.39 is 24.2 Å². The first kappa shape index (κ1) is 19.5. The molecule has 1 fully saturated rings. The maximum absolute atomic E-state index is 12.1. The number of ether oxygens (including phenoxy) is 1. The Morgan fingerprint density at radius 2 is 1.75 bits per heavy atom. The largest absolute Gasteiger partial charge is 0.504 e.